The standard InChI is InChI=1S/C15H16N2O/c18-17-10-4-7-15(13-5-2-1-3-6-13)14-8-11-16-12-9-14/h1-3,5-6,8-12,15,18H,4,7H2. The number of pyridine rings is 1. The third-order valence-electron chi connectivity index (χ3n) is 2.98. The summed E-state index contributed by atoms with van der Waals surface area (Å²) in [7, 11) is 0. The van der Waals surface area contributed by atoms with Gasteiger partial charge in [-0.25, -0.2) is 0 Å². The van der Waals surface area contributed by atoms with Crippen molar-refractivity contribution in [1.82, 2.24) is 4.98 Å². The molecule has 0 spiro atoms. The molecule has 0 saturated carbocycles. The summed E-state index contributed by atoms with van der Waals surface area (Å²) in [5.74, 6) is 0.312. The van der Waals surface area contributed by atoms with Crippen LogP contribution in [0.4, 0.5) is 0 Å². The number of rotatable bonds is 5. The van der Waals surface area contributed by atoms with E-state index < -0.39 is 0 Å². The molecule has 0 aliphatic carbocycles. The fourth-order valence-corrected chi connectivity index (χ4v) is 2.11. The summed E-state index contributed by atoms with van der Waals surface area (Å²) < 4.78 is 0. The third kappa shape index (κ3) is 3.17. The maximum absolute atomic E-state index is 8.48. The molecule has 0 radical (unpaired) electrons. The van der Waals surface area contributed by atoms with Crippen molar-refractivity contribution in [3.05, 3.63) is 66.0 Å². The highest BCUT2D eigenvalue weighted by atomic mass is 16.4. The van der Waals surface area contributed by atoms with Crippen LogP contribution in [0.3, 0.4) is 0 Å². The predicted octanol–water partition coefficient (Wildman–Crippen LogP) is 3.45. The highest BCUT2D eigenvalue weighted by Crippen LogP contribution is 2.28. The number of benzene rings is 1. The van der Waals surface area contributed by atoms with E-state index in [1.807, 2.05) is 42.7 Å². The Kier molecular flexibility index (Phi) is 4.47. The van der Waals surface area contributed by atoms with E-state index in [0.29, 0.717) is 5.92 Å². The molecule has 1 heterocycles. The molecular formula is C15H16N2O. The van der Waals surface area contributed by atoms with E-state index in [9.17, 15) is 0 Å². The molecule has 0 bridgehead atoms. The molecule has 1 N–H and O–H groups in total. The molecule has 18 heavy (non-hydrogen) atoms. The maximum atomic E-state index is 8.48. The van der Waals surface area contributed by atoms with Gasteiger partial charge in [0.05, 0.1) is 0 Å². The fourth-order valence-electron chi connectivity index (χ4n) is 2.11. The number of aromatic nitrogens is 1. The normalized spacial score (nSPS) is 12.7. The number of hydrogen-bond donors (Lipinski definition) is 1. The van der Waals surface area contributed by atoms with Crippen molar-refractivity contribution < 1.29 is 5.21 Å². The molecule has 1 atom stereocenters. The van der Waals surface area contributed by atoms with Crippen molar-refractivity contribution in [2.75, 3.05) is 0 Å². The van der Waals surface area contributed by atoms with E-state index in [-0.39, 0.29) is 0 Å². The van der Waals surface area contributed by atoms with E-state index in [0.717, 1.165) is 12.8 Å². The van der Waals surface area contributed by atoms with Crippen LogP contribution in [0, 0.1) is 0 Å². The molecule has 0 aliphatic heterocycles. The molecule has 1 aromatic heterocycles. The summed E-state index contributed by atoms with van der Waals surface area (Å²) in [5, 5.41) is 11.5. The lowest BCUT2D eigenvalue weighted by Gasteiger charge is -2.16. The molecule has 3 heteroatoms. The molecule has 3 nitrogen and oxygen atoms in total. The lowest BCUT2D eigenvalue weighted by atomic mass is 9.88. The second kappa shape index (κ2) is 6.55. The van der Waals surface area contributed by atoms with Crippen LogP contribution in [0.15, 0.2) is 60.0 Å². The van der Waals surface area contributed by atoms with Crippen LogP contribution in [0.5, 0.6) is 0 Å². The summed E-state index contributed by atoms with van der Waals surface area (Å²) in [5.41, 5.74) is 2.51. The van der Waals surface area contributed by atoms with Gasteiger partial charge in [0.15, 0.2) is 0 Å². The van der Waals surface area contributed by atoms with Crippen LogP contribution in [-0.2, 0) is 0 Å². The molecular weight excluding hydrogens is 224 g/mol. The molecule has 92 valence electrons. The topological polar surface area (TPSA) is 45.5 Å². The molecule has 2 aromatic rings. The second-order valence-electron chi connectivity index (χ2n) is 4.12. The Morgan fingerprint density at radius 1 is 1.06 bits per heavy atom. The zero-order valence-electron chi connectivity index (χ0n) is 10.1. The van der Waals surface area contributed by atoms with Crippen LogP contribution in [0.1, 0.15) is 29.9 Å². The Bertz CT molecular complexity index is 443. The zero-order chi connectivity index (χ0) is 12.6. The van der Waals surface area contributed by atoms with Gasteiger partial charge in [0.2, 0.25) is 0 Å². The van der Waals surface area contributed by atoms with Crippen molar-refractivity contribution in [2.24, 2.45) is 5.16 Å². The first-order chi connectivity index (χ1) is 8.92. The average Bonchev–Trinajstić information content (AvgIpc) is 2.46. The van der Waals surface area contributed by atoms with Crippen LogP contribution >= 0.6 is 0 Å². The largest absolute Gasteiger partial charge is 0.411 e. The fraction of sp³-hybridized carbons (Fsp3) is 0.200. The lowest BCUT2D eigenvalue weighted by molar-refractivity contribution is 0.320. The Labute approximate surface area is 107 Å². The highest BCUT2D eigenvalue weighted by molar-refractivity contribution is 5.56. The Hall–Kier alpha value is -2.16. The minimum absolute atomic E-state index is 0.312. The van der Waals surface area contributed by atoms with Crippen molar-refractivity contribution in [3.63, 3.8) is 0 Å². The number of nitrogens with zero attached hydrogens (tertiary/aromatic N) is 2. The molecule has 0 aliphatic rings. The van der Waals surface area contributed by atoms with Crippen LogP contribution < -0.4 is 0 Å². The average molecular weight is 240 g/mol. The summed E-state index contributed by atoms with van der Waals surface area (Å²) in [6.07, 6.45) is 6.82. The Balaban J connectivity index is 2.23. The number of hydrogen-bond acceptors (Lipinski definition) is 3. The highest BCUT2D eigenvalue weighted by Gasteiger charge is 2.12. The van der Waals surface area contributed by atoms with Gasteiger partial charge in [0.25, 0.3) is 0 Å². The Morgan fingerprint density at radius 2 is 1.72 bits per heavy atom. The van der Waals surface area contributed by atoms with E-state index in [1.54, 1.807) is 0 Å². The smallest absolute Gasteiger partial charge is 0.0436 e. The summed E-state index contributed by atoms with van der Waals surface area (Å²) >= 11 is 0. The zero-order valence-corrected chi connectivity index (χ0v) is 10.1. The molecule has 1 unspecified atom stereocenters. The Morgan fingerprint density at radius 3 is 2.39 bits per heavy atom. The van der Waals surface area contributed by atoms with E-state index in [4.69, 9.17) is 5.21 Å². The van der Waals surface area contributed by atoms with E-state index in [1.165, 1.54) is 17.3 Å². The first-order valence-electron chi connectivity index (χ1n) is 6.02. The molecule has 1 aromatic carbocycles. The first-order valence-corrected chi connectivity index (χ1v) is 6.02. The minimum Gasteiger partial charge on any atom is -0.411 e. The molecule has 0 fully saturated rings. The molecule has 2 rings (SSSR count). The van der Waals surface area contributed by atoms with Crippen LogP contribution in [0.25, 0.3) is 0 Å². The monoisotopic (exact) mass is 240 g/mol. The first kappa shape index (κ1) is 12.3. The van der Waals surface area contributed by atoms with Crippen molar-refractivity contribution in [2.45, 2.75) is 18.8 Å². The predicted molar refractivity (Wildman–Crippen MR) is 72.0 cm³/mol. The summed E-state index contributed by atoms with van der Waals surface area (Å²) in [6, 6.07) is 14.4. The molecule has 0 saturated heterocycles. The summed E-state index contributed by atoms with van der Waals surface area (Å²) in [6.45, 7) is 0. The van der Waals surface area contributed by atoms with Gasteiger partial charge in [0.1, 0.15) is 0 Å². The van der Waals surface area contributed by atoms with Crippen LogP contribution in [0.2, 0.25) is 0 Å². The van der Waals surface area contributed by atoms with E-state index in [2.05, 4.69) is 22.3 Å². The van der Waals surface area contributed by atoms with Crippen molar-refractivity contribution in [1.29, 1.82) is 0 Å². The van der Waals surface area contributed by atoms with Gasteiger partial charge in [-0.3, -0.25) is 4.98 Å². The van der Waals surface area contributed by atoms with E-state index >= 15 is 0 Å². The maximum Gasteiger partial charge on any atom is 0.0436 e. The third-order valence-corrected chi connectivity index (χ3v) is 2.98. The lowest BCUT2D eigenvalue weighted by Crippen LogP contribution is -2.01. The van der Waals surface area contributed by atoms with Gasteiger partial charge in [-0.2, -0.15) is 0 Å². The van der Waals surface area contributed by atoms with Crippen LogP contribution in [-0.4, -0.2) is 16.4 Å². The van der Waals surface area contributed by atoms with Gasteiger partial charge in [-0.15, -0.1) is 5.16 Å². The number of oxime groups is 1. The van der Waals surface area contributed by atoms with Gasteiger partial charge in [-0.05, 0) is 36.1 Å². The summed E-state index contributed by atoms with van der Waals surface area (Å²) in [4.78, 5) is 4.05. The second-order valence-corrected chi connectivity index (χ2v) is 4.12. The van der Waals surface area contributed by atoms with Gasteiger partial charge in [-0.1, -0.05) is 30.3 Å². The van der Waals surface area contributed by atoms with Crippen molar-refractivity contribution >= 4 is 6.21 Å². The van der Waals surface area contributed by atoms with Gasteiger partial charge < -0.3 is 5.21 Å². The quantitative estimate of drug-likeness (QED) is 0.494. The SMILES string of the molecule is ON=CCCC(c1ccccc1)c1ccncc1. The van der Waals surface area contributed by atoms with Crippen molar-refractivity contribution in [3.8, 4) is 0 Å². The molecule has 0 amide bonds. The van der Waals surface area contributed by atoms with Gasteiger partial charge >= 0.3 is 0 Å². The minimum atomic E-state index is 0.312. The van der Waals surface area contributed by atoms with Gasteiger partial charge in [0, 0.05) is 24.5 Å².